The highest BCUT2D eigenvalue weighted by atomic mass is 32.2. The van der Waals surface area contributed by atoms with Crippen LogP contribution in [0, 0.1) is 6.92 Å². The van der Waals surface area contributed by atoms with E-state index in [1.54, 1.807) is 11.8 Å². The first-order chi connectivity index (χ1) is 12.7. The van der Waals surface area contributed by atoms with Crippen molar-refractivity contribution in [1.82, 2.24) is 24.5 Å². The number of hydrogen-bond acceptors (Lipinski definition) is 5. The number of hydrogen-bond donors (Lipinski definition) is 1. The number of nitrogens with one attached hydrogen (secondary N) is 1. The van der Waals surface area contributed by atoms with E-state index in [4.69, 9.17) is 0 Å². The van der Waals surface area contributed by atoms with E-state index in [1.807, 2.05) is 11.0 Å². The summed E-state index contributed by atoms with van der Waals surface area (Å²) in [5.41, 5.74) is 3.22. The molecule has 1 unspecified atom stereocenters. The monoisotopic (exact) mass is 373 g/mol. The molecule has 2 aliphatic rings. The highest BCUT2D eigenvalue weighted by Gasteiger charge is 2.30. The second-order valence-corrected chi connectivity index (χ2v) is 8.25. The van der Waals surface area contributed by atoms with Crippen molar-refractivity contribution in [3.8, 4) is 0 Å². The van der Waals surface area contributed by atoms with Crippen LogP contribution in [0.25, 0.3) is 5.65 Å². The van der Waals surface area contributed by atoms with Crippen LogP contribution in [0.5, 0.6) is 0 Å². The lowest BCUT2D eigenvalue weighted by atomic mass is 10.2. The molecule has 0 saturated carbocycles. The smallest absolute Gasteiger partial charge is 0.232 e. The average Bonchev–Trinajstić information content (AvgIpc) is 3.29. The lowest BCUT2D eigenvalue weighted by Crippen LogP contribution is -2.49. The molecule has 6 nitrogen and oxygen atoms in total. The minimum absolute atomic E-state index is 0.271. The fraction of sp³-hybridized carbons (Fsp3) is 0.579. The van der Waals surface area contributed by atoms with E-state index < -0.39 is 0 Å². The van der Waals surface area contributed by atoms with Gasteiger partial charge in [-0.2, -0.15) is 0 Å². The third kappa shape index (κ3) is 4.05. The summed E-state index contributed by atoms with van der Waals surface area (Å²) >= 11 is 1.67. The van der Waals surface area contributed by atoms with Crippen LogP contribution in [-0.2, 0) is 10.5 Å². The highest BCUT2D eigenvalue weighted by molar-refractivity contribution is 7.99. The third-order valence-electron chi connectivity index (χ3n) is 5.31. The number of fused-ring (bicyclic) bond motifs is 1. The van der Waals surface area contributed by atoms with E-state index in [2.05, 4.69) is 45.0 Å². The highest BCUT2D eigenvalue weighted by Crippen LogP contribution is 2.19. The lowest BCUT2D eigenvalue weighted by molar-refractivity contribution is -0.127. The molecule has 4 heterocycles. The number of carbonyl (C=O) groups excluding carboxylic acids is 1. The predicted octanol–water partition coefficient (Wildman–Crippen LogP) is 1.38. The van der Waals surface area contributed by atoms with Crippen LogP contribution >= 0.6 is 11.8 Å². The van der Waals surface area contributed by atoms with E-state index in [9.17, 15) is 4.79 Å². The van der Waals surface area contributed by atoms with Gasteiger partial charge in [0.15, 0.2) is 0 Å². The quantitative estimate of drug-likeness (QED) is 0.858. The average molecular weight is 374 g/mol. The summed E-state index contributed by atoms with van der Waals surface area (Å²) in [5.74, 6) is 1.59. The molecule has 0 bridgehead atoms. The standard InChI is InChI=1S/C19H27N5OS/c1-15-2-3-18-21-16(11-24(18)10-15)13-26-14-19(25)23-7-4-17(12-23)22-8-5-20-6-9-22/h2-3,10-11,17,20H,4-9,12-14H2,1H3. The number of carbonyl (C=O) groups is 1. The first kappa shape index (κ1) is 17.8. The molecule has 0 radical (unpaired) electrons. The summed E-state index contributed by atoms with van der Waals surface area (Å²) in [7, 11) is 0. The molecular weight excluding hydrogens is 346 g/mol. The minimum Gasteiger partial charge on any atom is -0.340 e. The molecule has 26 heavy (non-hydrogen) atoms. The van der Waals surface area contributed by atoms with Gasteiger partial charge in [0.05, 0.1) is 11.4 Å². The maximum Gasteiger partial charge on any atom is 0.232 e. The Hall–Kier alpha value is -1.57. The van der Waals surface area contributed by atoms with Crippen LogP contribution in [0.3, 0.4) is 0 Å². The van der Waals surface area contributed by atoms with Crippen LogP contribution in [0.2, 0.25) is 0 Å². The molecule has 2 saturated heterocycles. The molecule has 4 rings (SSSR count). The molecule has 0 aliphatic carbocycles. The molecule has 0 aromatic carbocycles. The van der Waals surface area contributed by atoms with Crippen LogP contribution in [0.4, 0.5) is 0 Å². The van der Waals surface area contributed by atoms with Crippen molar-refractivity contribution in [2.24, 2.45) is 0 Å². The number of rotatable bonds is 5. The van der Waals surface area contributed by atoms with E-state index in [0.717, 1.165) is 62.8 Å². The van der Waals surface area contributed by atoms with Crippen LogP contribution in [0.1, 0.15) is 17.7 Å². The third-order valence-corrected chi connectivity index (χ3v) is 6.26. The summed E-state index contributed by atoms with van der Waals surface area (Å²) in [4.78, 5) is 21.7. The van der Waals surface area contributed by atoms with E-state index in [1.165, 1.54) is 5.56 Å². The summed E-state index contributed by atoms with van der Waals surface area (Å²) in [6.45, 7) is 8.23. The number of likely N-dealkylation sites (tertiary alicyclic amines) is 1. The summed E-state index contributed by atoms with van der Waals surface area (Å²) in [5, 5.41) is 3.40. The molecule has 1 N–H and O–H groups in total. The fourth-order valence-corrected chi connectivity index (χ4v) is 4.68. The van der Waals surface area contributed by atoms with E-state index >= 15 is 0 Å². The van der Waals surface area contributed by atoms with Crippen LogP contribution < -0.4 is 5.32 Å². The molecule has 2 aromatic heterocycles. The maximum atomic E-state index is 12.5. The Morgan fingerprint density at radius 3 is 2.96 bits per heavy atom. The summed E-state index contributed by atoms with van der Waals surface area (Å²) in [6.07, 6.45) is 5.26. The van der Waals surface area contributed by atoms with Crippen molar-refractivity contribution in [2.75, 3.05) is 45.0 Å². The van der Waals surface area contributed by atoms with Crippen LogP contribution in [-0.4, -0.2) is 76.2 Å². The number of nitrogens with zero attached hydrogens (tertiary/aromatic N) is 4. The van der Waals surface area contributed by atoms with Gasteiger partial charge in [-0.15, -0.1) is 11.8 Å². The summed E-state index contributed by atoms with van der Waals surface area (Å²) in [6, 6.07) is 4.66. The number of amides is 1. The van der Waals surface area contributed by atoms with Gasteiger partial charge in [-0.1, -0.05) is 6.07 Å². The maximum absolute atomic E-state index is 12.5. The van der Waals surface area contributed by atoms with Gasteiger partial charge in [0, 0.05) is 63.5 Å². The summed E-state index contributed by atoms with van der Waals surface area (Å²) < 4.78 is 2.06. The van der Waals surface area contributed by atoms with Gasteiger partial charge >= 0.3 is 0 Å². The number of imidazole rings is 1. The lowest BCUT2D eigenvalue weighted by Gasteiger charge is -2.32. The Balaban J connectivity index is 1.24. The molecule has 7 heteroatoms. The molecule has 1 amide bonds. The number of aromatic nitrogens is 2. The molecule has 2 aliphatic heterocycles. The van der Waals surface area contributed by atoms with Crippen molar-refractivity contribution in [3.05, 3.63) is 35.8 Å². The van der Waals surface area contributed by atoms with Crippen molar-refractivity contribution in [3.63, 3.8) is 0 Å². The minimum atomic E-state index is 0.271. The normalized spacial score (nSPS) is 21.6. The van der Waals surface area contributed by atoms with Gasteiger partial charge < -0.3 is 14.6 Å². The topological polar surface area (TPSA) is 52.9 Å². The van der Waals surface area contributed by atoms with Gasteiger partial charge in [-0.05, 0) is 25.0 Å². The van der Waals surface area contributed by atoms with Gasteiger partial charge in [0.2, 0.25) is 5.91 Å². The Kier molecular flexibility index (Phi) is 5.47. The van der Waals surface area contributed by atoms with Crippen molar-refractivity contribution < 1.29 is 4.79 Å². The first-order valence-corrected chi connectivity index (χ1v) is 10.6. The number of pyridine rings is 1. The zero-order valence-electron chi connectivity index (χ0n) is 15.4. The zero-order valence-corrected chi connectivity index (χ0v) is 16.2. The van der Waals surface area contributed by atoms with Gasteiger partial charge in [0.1, 0.15) is 5.65 Å². The number of piperazine rings is 1. The second-order valence-electron chi connectivity index (χ2n) is 7.27. The zero-order chi connectivity index (χ0) is 17.9. The molecular formula is C19H27N5OS. The molecule has 2 fully saturated rings. The van der Waals surface area contributed by atoms with Gasteiger partial charge in [0.25, 0.3) is 0 Å². The molecule has 0 spiro atoms. The predicted molar refractivity (Wildman–Crippen MR) is 106 cm³/mol. The van der Waals surface area contributed by atoms with Gasteiger partial charge in [-0.3, -0.25) is 9.69 Å². The Morgan fingerprint density at radius 2 is 2.12 bits per heavy atom. The van der Waals surface area contributed by atoms with Crippen molar-refractivity contribution >= 4 is 23.3 Å². The largest absolute Gasteiger partial charge is 0.340 e. The molecule has 140 valence electrons. The van der Waals surface area contributed by atoms with E-state index in [-0.39, 0.29) is 5.91 Å². The van der Waals surface area contributed by atoms with E-state index in [0.29, 0.717) is 11.8 Å². The van der Waals surface area contributed by atoms with Crippen molar-refractivity contribution in [2.45, 2.75) is 25.1 Å². The SMILES string of the molecule is Cc1ccc2nc(CSCC(=O)N3CCC(N4CCNCC4)C3)cn2c1. The Morgan fingerprint density at radius 1 is 1.27 bits per heavy atom. The molecule has 2 aromatic rings. The first-order valence-electron chi connectivity index (χ1n) is 9.43. The van der Waals surface area contributed by atoms with Gasteiger partial charge in [-0.25, -0.2) is 4.98 Å². The van der Waals surface area contributed by atoms with Crippen molar-refractivity contribution in [1.29, 1.82) is 0 Å². The number of thioether (sulfide) groups is 1. The second kappa shape index (κ2) is 7.98. The van der Waals surface area contributed by atoms with Crippen LogP contribution in [0.15, 0.2) is 24.5 Å². The Bertz CT molecular complexity index is 770. The Labute approximate surface area is 158 Å². The number of aryl methyl sites for hydroxylation is 1. The fourth-order valence-electron chi connectivity index (χ4n) is 3.87. The molecule has 1 atom stereocenters.